The number of aromatic amines is 1. The number of ether oxygens (including phenoxy) is 2. The highest BCUT2D eigenvalue weighted by Gasteiger charge is 2.22. The summed E-state index contributed by atoms with van der Waals surface area (Å²) in [7, 11) is 1.64. The standard InChI is InChI=1S/C16H18N2O2S/c1-16(2)8-7-10(9-20-16)14(21)15-17-11-5-4-6-12(19-3)13(11)18-15/h4-9,14,21H,1-3H3,(H,17,18). The Labute approximate surface area is 129 Å². The number of H-pyrrole nitrogens is 1. The van der Waals surface area contributed by atoms with E-state index in [1.54, 1.807) is 13.4 Å². The van der Waals surface area contributed by atoms with E-state index in [1.165, 1.54) is 0 Å². The molecule has 0 saturated carbocycles. The monoisotopic (exact) mass is 302 g/mol. The van der Waals surface area contributed by atoms with Crippen molar-refractivity contribution in [3.05, 3.63) is 48.0 Å². The number of allylic oxidation sites excluding steroid dienone is 1. The average Bonchev–Trinajstić information content (AvgIpc) is 2.90. The topological polar surface area (TPSA) is 47.1 Å². The van der Waals surface area contributed by atoms with E-state index in [4.69, 9.17) is 9.47 Å². The van der Waals surface area contributed by atoms with Crippen LogP contribution in [0.1, 0.15) is 24.9 Å². The Morgan fingerprint density at radius 2 is 2.19 bits per heavy atom. The van der Waals surface area contributed by atoms with Crippen molar-refractivity contribution in [2.24, 2.45) is 0 Å². The zero-order valence-corrected chi connectivity index (χ0v) is 13.1. The first-order valence-corrected chi connectivity index (χ1v) is 7.29. The minimum absolute atomic E-state index is 0.172. The van der Waals surface area contributed by atoms with Gasteiger partial charge in [-0.25, -0.2) is 4.98 Å². The van der Waals surface area contributed by atoms with Crippen LogP contribution in [0.3, 0.4) is 0 Å². The average molecular weight is 302 g/mol. The molecule has 21 heavy (non-hydrogen) atoms. The van der Waals surface area contributed by atoms with Crippen LogP contribution in [-0.2, 0) is 4.74 Å². The predicted molar refractivity (Wildman–Crippen MR) is 86.8 cm³/mol. The molecule has 0 spiro atoms. The number of hydrogen-bond donors (Lipinski definition) is 2. The molecule has 110 valence electrons. The Morgan fingerprint density at radius 1 is 1.38 bits per heavy atom. The van der Waals surface area contributed by atoms with Crippen molar-refractivity contribution in [1.82, 2.24) is 9.97 Å². The minimum atomic E-state index is -0.270. The van der Waals surface area contributed by atoms with Gasteiger partial charge in [0, 0.05) is 5.57 Å². The first-order valence-electron chi connectivity index (χ1n) is 6.78. The van der Waals surface area contributed by atoms with Crippen LogP contribution >= 0.6 is 12.6 Å². The number of para-hydroxylation sites is 1. The highest BCUT2D eigenvalue weighted by Crippen LogP contribution is 2.34. The summed E-state index contributed by atoms with van der Waals surface area (Å²) in [6.45, 7) is 4.02. The summed E-state index contributed by atoms with van der Waals surface area (Å²) in [6, 6.07) is 5.80. The fourth-order valence-electron chi connectivity index (χ4n) is 2.23. The van der Waals surface area contributed by atoms with Crippen molar-refractivity contribution >= 4 is 23.7 Å². The number of rotatable bonds is 3. The SMILES string of the molecule is COc1cccc2[nH]c(C(S)C3=COC(C)(C)C=C3)nc12. The molecule has 0 fully saturated rings. The Hall–Kier alpha value is -1.88. The molecule has 2 aromatic rings. The number of imidazole rings is 1. The number of thiol groups is 1. The van der Waals surface area contributed by atoms with Gasteiger partial charge in [0.25, 0.3) is 0 Å². The first kappa shape index (κ1) is 14.1. The molecule has 2 heterocycles. The molecule has 5 heteroatoms. The third-order valence-electron chi connectivity index (χ3n) is 3.46. The molecule has 0 radical (unpaired) electrons. The number of nitrogens with zero attached hydrogens (tertiary/aromatic N) is 1. The fraction of sp³-hybridized carbons (Fsp3) is 0.312. The molecule has 0 bridgehead atoms. The summed E-state index contributed by atoms with van der Waals surface area (Å²) in [5.41, 5.74) is 2.45. The molecule has 0 amide bonds. The molecule has 0 aliphatic carbocycles. The number of nitrogens with one attached hydrogen (secondary N) is 1. The lowest BCUT2D eigenvalue weighted by atomic mass is 10.0. The van der Waals surface area contributed by atoms with Crippen LogP contribution in [0.15, 0.2) is 42.2 Å². The third-order valence-corrected chi connectivity index (χ3v) is 4.01. The summed E-state index contributed by atoms with van der Waals surface area (Å²) >= 11 is 4.66. The van der Waals surface area contributed by atoms with E-state index >= 15 is 0 Å². The van der Waals surface area contributed by atoms with Crippen molar-refractivity contribution in [2.75, 3.05) is 7.11 Å². The van der Waals surface area contributed by atoms with Gasteiger partial charge in [0.1, 0.15) is 22.7 Å². The van der Waals surface area contributed by atoms with Gasteiger partial charge in [0.05, 0.1) is 24.1 Å². The van der Waals surface area contributed by atoms with Crippen LogP contribution in [-0.4, -0.2) is 22.7 Å². The number of benzene rings is 1. The lowest BCUT2D eigenvalue weighted by molar-refractivity contribution is 0.0992. The van der Waals surface area contributed by atoms with Crippen LogP contribution in [0.25, 0.3) is 11.0 Å². The van der Waals surface area contributed by atoms with Gasteiger partial charge in [0.2, 0.25) is 0 Å². The summed E-state index contributed by atoms with van der Waals surface area (Å²) in [4.78, 5) is 7.90. The Bertz CT molecular complexity index is 731. The summed E-state index contributed by atoms with van der Waals surface area (Å²) < 4.78 is 11.0. The van der Waals surface area contributed by atoms with Crippen molar-refractivity contribution in [3.8, 4) is 5.75 Å². The van der Waals surface area contributed by atoms with E-state index in [0.717, 1.165) is 28.2 Å². The molecular weight excluding hydrogens is 284 g/mol. The van der Waals surface area contributed by atoms with E-state index in [9.17, 15) is 0 Å². The normalized spacial score (nSPS) is 18.2. The van der Waals surface area contributed by atoms with Gasteiger partial charge in [-0.05, 0) is 32.1 Å². The van der Waals surface area contributed by atoms with Crippen LogP contribution in [0.4, 0.5) is 0 Å². The molecule has 1 N–H and O–H groups in total. The van der Waals surface area contributed by atoms with Gasteiger partial charge < -0.3 is 14.5 Å². The van der Waals surface area contributed by atoms with E-state index in [0.29, 0.717) is 0 Å². The summed E-state index contributed by atoms with van der Waals surface area (Å²) in [5, 5.41) is -0.172. The van der Waals surface area contributed by atoms with Crippen LogP contribution in [0.2, 0.25) is 0 Å². The zero-order valence-electron chi connectivity index (χ0n) is 12.3. The second kappa shape index (κ2) is 5.15. The first-order chi connectivity index (χ1) is 10.00. The van der Waals surface area contributed by atoms with E-state index in [-0.39, 0.29) is 10.9 Å². The Morgan fingerprint density at radius 3 is 2.86 bits per heavy atom. The minimum Gasteiger partial charge on any atom is -0.494 e. The van der Waals surface area contributed by atoms with Crippen molar-refractivity contribution in [3.63, 3.8) is 0 Å². The molecule has 1 aliphatic heterocycles. The van der Waals surface area contributed by atoms with Gasteiger partial charge in [-0.15, -0.1) is 0 Å². The molecular formula is C16H18N2O2S. The number of hydrogen-bond acceptors (Lipinski definition) is 4. The molecule has 1 unspecified atom stereocenters. The lowest BCUT2D eigenvalue weighted by Crippen LogP contribution is -2.21. The smallest absolute Gasteiger partial charge is 0.146 e. The second-order valence-electron chi connectivity index (χ2n) is 5.55. The van der Waals surface area contributed by atoms with Crippen molar-refractivity contribution in [2.45, 2.75) is 24.7 Å². The lowest BCUT2D eigenvalue weighted by Gasteiger charge is -2.25. The molecule has 1 aromatic carbocycles. The highest BCUT2D eigenvalue weighted by atomic mass is 32.1. The van der Waals surface area contributed by atoms with Gasteiger partial charge in [-0.2, -0.15) is 12.6 Å². The van der Waals surface area contributed by atoms with Gasteiger partial charge in [-0.1, -0.05) is 12.1 Å². The number of aromatic nitrogens is 2. The number of methoxy groups -OCH3 is 1. The second-order valence-corrected chi connectivity index (χ2v) is 6.07. The largest absolute Gasteiger partial charge is 0.494 e. The van der Waals surface area contributed by atoms with Crippen LogP contribution < -0.4 is 4.74 Å². The van der Waals surface area contributed by atoms with E-state index < -0.39 is 0 Å². The zero-order chi connectivity index (χ0) is 15.0. The highest BCUT2D eigenvalue weighted by molar-refractivity contribution is 7.80. The van der Waals surface area contributed by atoms with Crippen molar-refractivity contribution < 1.29 is 9.47 Å². The van der Waals surface area contributed by atoms with Gasteiger partial charge in [0.15, 0.2) is 0 Å². The summed E-state index contributed by atoms with van der Waals surface area (Å²) in [6.07, 6.45) is 5.81. The van der Waals surface area contributed by atoms with Crippen LogP contribution in [0, 0.1) is 0 Å². The van der Waals surface area contributed by atoms with E-state index in [1.807, 2.05) is 44.2 Å². The fourth-order valence-corrected chi connectivity index (χ4v) is 2.50. The maximum absolute atomic E-state index is 5.68. The molecule has 4 nitrogen and oxygen atoms in total. The molecule has 1 aromatic heterocycles. The summed E-state index contributed by atoms with van der Waals surface area (Å²) in [5.74, 6) is 1.53. The van der Waals surface area contributed by atoms with Gasteiger partial charge in [-0.3, -0.25) is 0 Å². The maximum atomic E-state index is 5.68. The molecule has 3 rings (SSSR count). The molecule has 1 aliphatic rings. The Kier molecular flexibility index (Phi) is 3.45. The maximum Gasteiger partial charge on any atom is 0.146 e. The quantitative estimate of drug-likeness (QED) is 0.848. The van der Waals surface area contributed by atoms with E-state index in [2.05, 4.69) is 22.6 Å². The Balaban J connectivity index is 1.94. The predicted octanol–water partition coefficient (Wildman–Crippen LogP) is 3.79. The molecule has 1 atom stereocenters. The molecule has 0 saturated heterocycles. The number of fused-ring (bicyclic) bond motifs is 1. The third kappa shape index (κ3) is 2.65. The van der Waals surface area contributed by atoms with Gasteiger partial charge >= 0.3 is 0 Å². The van der Waals surface area contributed by atoms with Crippen LogP contribution in [0.5, 0.6) is 5.75 Å². The van der Waals surface area contributed by atoms with Crippen molar-refractivity contribution in [1.29, 1.82) is 0 Å².